The van der Waals surface area contributed by atoms with Crippen LogP contribution in [0.5, 0.6) is 0 Å². The lowest BCUT2D eigenvalue weighted by molar-refractivity contribution is 0.410. The summed E-state index contributed by atoms with van der Waals surface area (Å²) in [5, 5.41) is 12.7. The first-order valence-corrected chi connectivity index (χ1v) is 7.21. The van der Waals surface area contributed by atoms with Crippen LogP contribution >= 0.6 is 0 Å². The molecule has 1 saturated carbocycles. The molecular formula is C15H20N4. The molecule has 2 aliphatic rings. The number of nitriles is 1. The van der Waals surface area contributed by atoms with E-state index in [9.17, 15) is 5.26 Å². The number of aryl methyl sites for hydroxylation is 2. The summed E-state index contributed by atoms with van der Waals surface area (Å²) >= 11 is 0. The summed E-state index contributed by atoms with van der Waals surface area (Å²) in [6.45, 7) is 0. The minimum absolute atomic E-state index is 0.349. The van der Waals surface area contributed by atoms with Crippen molar-refractivity contribution in [1.29, 1.82) is 5.26 Å². The summed E-state index contributed by atoms with van der Waals surface area (Å²) in [5.41, 5.74) is 9.05. The van der Waals surface area contributed by atoms with Crippen LogP contribution in [0.2, 0.25) is 0 Å². The molecule has 0 radical (unpaired) electrons. The highest BCUT2D eigenvalue weighted by Gasteiger charge is 2.21. The van der Waals surface area contributed by atoms with E-state index in [1.165, 1.54) is 11.3 Å². The van der Waals surface area contributed by atoms with E-state index in [0.717, 1.165) is 50.8 Å². The number of pyridine rings is 1. The Morgan fingerprint density at radius 3 is 2.79 bits per heavy atom. The van der Waals surface area contributed by atoms with Crippen LogP contribution in [0.25, 0.3) is 0 Å². The Kier molecular flexibility index (Phi) is 3.39. The van der Waals surface area contributed by atoms with Gasteiger partial charge < -0.3 is 11.1 Å². The normalized spacial score (nSPS) is 25.7. The van der Waals surface area contributed by atoms with Gasteiger partial charge in [0.25, 0.3) is 0 Å². The molecule has 0 aromatic carbocycles. The van der Waals surface area contributed by atoms with Gasteiger partial charge in [0, 0.05) is 17.8 Å². The Bertz CT molecular complexity index is 510. The third kappa shape index (κ3) is 2.57. The van der Waals surface area contributed by atoms with Crippen LogP contribution in [0.15, 0.2) is 6.07 Å². The van der Waals surface area contributed by atoms with Gasteiger partial charge in [-0.2, -0.15) is 5.26 Å². The lowest BCUT2D eigenvalue weighted by atomic mass is 9.92. The Balaban J connectivity index is 1.79. The van der Waals surface area contributed by atoms with Crippen molar-refractivity contribution >= 4 is 5.82 Å². The van der Waals surface area contributed by atoms with Gasteiger partial charge in [0.05, 0.1) is 5.56 Å². The lowest BCUT2D eigenvalue weighted by Crippen LogP contribution is -2.33. The molecule has 0 atom stereocenters. The summed E-state index contributed by atoms with van der Waals surface area (Å²) in [5.74, 6) is 0.781. The van der Waals surface area contributed by atoms with Gasteiger partial charge in [0.2, 0.25) is 0 Å². The average molecular weight is 256 g/mol. The quantitative estimate of drug-likeness (QED) is 0.850. The Labute approximate surface area is 114 Å². The zero-order chi connectivity index (χ0) is 13.2. The van der Waals surface area contributed by atoms with E-state index in [2.05, 4.69) is 16.4 Å². The molecule has 3 N–H and O–H groups in total. The second kappa shape index (κ2) is 5.18. The van der Waals surface area contributed by atoms with Crippen LogP contribution in [0.4, 0.5) is 5.82 Å². The molecule has 0 bridgehead atoms. The molecule has 0 spiro atoms. The fraction of sp³-hybridized carbons (Fsp3) is 0.600. The number of hydrogen-bond acceptors (Lipinski definition) is 4. The molecule has 100 valence electrons. The van der Waals surface area contributed by atoms with Crippen LogP contribution < -0.4 is 11.1 Å². The predicted molar refractivity (Wildman–Crippen MR) is 74.8 cm³/mol. The van der Waals surface area contributed by atoms with E-state index >= 15 is 0 Å². The molecule has 0 amide bonds. The van der Waals surface area contributed by atoms with Crippen molar-refractivity contribution in [3.63, 3.8) is 0 Å². The van der Waals surface area contributed by atoms with Crippen LogP contribution in [0.1, 0.15) is 48.9 Å². The number of anilines is 1. The second-order valence-electron chi connectivity index (χ2n) is 5.71. The Morgan fingerprint density at radius 1 is 1.26 bits per heavy atom. The van der Waals surface area contributed by atoms with Gasteiger partial charge in [-0.1, -0.05) is 0 Å². The summed E-state index contributed by atoms with van der Waals surface area (Å²) in [6.07, 6.45) is 7.54. The maximum atomic E-state index is 9.27. The van der Waals surface area contributed by atoms with Crippen LogP contribution in [-0.4, -0.2) is 17.1 Å². The van der Waals surface area contributed by atoms with Crippen molar-refractivity contribution in [3.8, 4) is 6.07 Å². The Hall–Kier alpha value is -1.60. The van der Waals surface area contributed by atoms with E-state index in [1.54, 1.807) is 0 Å². The van der Waals surface area contributed by atoms with Gasteiger partial charge in [-0.3, -0.25) is 0 Å². The van der Waals surface area contributed by atoms with Gasteiger partial charge >= 0.3 is 0 Å². The number of nitrogens with one attached hydrogen (secondary N) is 1. The lowest BCUT2D eigenvalue weighted by Gasteiger charge is -2.27. The fourth-order valence-electron chi connectivity index (χ4n) is 3.12. The largest absolute Gasteiger partial charge is 0.366 e. The molecule has 4 nitrogen and oxygen atoms in total. The first-order chi connectivity index (χ1) is 9.26. The number of rotatable bonds is 2. The highest BCUT2D eigenvalue weighted by molar-refractivity contribution is 5.55. The van der Waals surface area contributed by atoms with E-state index in [1.807, 2.05) is 6.07 Å². The minimum Gasteiger partial charge on any atom is -0.366 e. The van der Waals surface area contributed by atoms with E-state index in [-0.39, 0.29) is 0 Å². The van der Waals surface area contributed by atoms with Crippen molar-refractivity contribution < 1.29 is 0 Å². The van der Waals surface area contributed by atoms with E-state index < -0.39 is 0 Å². The number of nitrogens with two attached hydrogens (primary N) is 1. The smallest absolute Gasteiger partial charge is 0.144 e. The molecule has 1 aromatic rings. The second-order valence-corrected chi connectivity index (χ2v) is 5.71. The third-order valence-electron chi connectivity index (χ3n) is 4.28. The van der Waals surface area contributed by atoms with Crippen molar-refractivity contribution in [2.24, 2.45) is 5.73 Å². The topological polar surface area (TPSA) is 74.7 Å². The molecule has 0 aliphatic heterocycles. The average Bonchev–Trinajstić information content (AvgIpc) is 2.87. The molecular weight excluding hydrogens is 236 g/mol. The van der Waals surface area contributed by atoms with Crippen LogP contribution in [0.3, 0.4) is 0 Å². The predicted octanol–water partition coefficient (Wildman–Crippen LogP) is 2.12. The number of aromatic nitrogens is 1. The van der Waals surface area contributed by atoms with Crippen molar-refractivity contribution in [2.75, 3.05) is 5.32 Å². The van der Waals surface area contributed by atoms with Gasteiger partial charge in [0.1, 0.15) is 11.9 Å². The standard InChI is InChI=1S/C15H20N4/c16-9-11-8-10-2-1-3-14(10)19-15(11)18-13-6-4-12(17)5-7-13/h8,12-13H,1-7,17H2,(H,18,19). The SMILES string of the molecule is N#Cc1cc2c(nc1NC1CCC(N)CC1)CCC2. The van der Waals surface area contributed by atoms with Gasteiger partial charge in [-0.05, 0) is 56.6 Å². The van der Waals surface area contributed by atoms with Gasteiger partial charge in [-0.25, -0.2) is 4.98 Å². The van der Waals surface area contributed by atoms with E-state index in [4.69, 9.17) is 5.73 Å². The summed E-state index contributed by atoms with van der Waals surface area (Å²) < 4.78 is 0. The molecule has 1 aromatic heterocycles. The van der Waals surface area contributed by atoms with Gasteiger partial charge in [0.15, 0.2) is 0 Å². The fourth-order valence-corrected chi connectivity index (χ4v) is 3.12. The monoisotopic (exact) mass is 256 g/mol. The molecule has 1 heterocycles. The number of fused-ring (bicyclic) bond motifs is 1. The molecule has 0 saturated heterocycles. The van der Waals surface area contributed by atoms with Crippen LogP contribution in [0, 0.1) is 11.3 Å². The summed E-state index contributed by atoms with van der Waals surface area (Å²) in [4.78, 5) is 4.67. The molecule has 2 aliphatic carbocycles. The summed E-state index contributed by atoms with van der Waals surface area (Å²) in [7, 11) is 0. The molecule has 3 rings (SSSR count). The first kappa shape index (κ1) is 12.4. The highest BCUT2D eigenvalue weighted by Crippen LogP contribution is 2.27. The van der Waals surface area contributed by atoms with Crippen molar-refractivity contribution in [1.82, 2.24) is 4.98 Å². The van der Waals surface area contributed by atoms with E-state index in [0.29, 0.717) is 17.6 Å². The number of nitrogens with zero attached hydrogens (tertiary/aromatic N) is 2. The highest BCUT2D eigenvalue weighted by atomic mass is 15.0. The van der Waals surface area contributed by atoms with Crippen molar-refractivity contribution in [3.05, 3.63) is 22.9 Å². The molecule has 0 unspecified atom stereocenters. The zero-order valence-corrected chi connectivity index (χ0v) is 11.2. The number of hydrogen-bond donors (Lipinski definition) is 2. The summed E-state index contributed by atoms with van der Waals surface area (Å²) in [6, 6.07) is 5.06. The molecule has 19 heavy (non-hydrogen) atoms. The van der Waals surface area contributed by atoms with Crippen LogP contribution in [-0.2, 0) is 12.8 Å². The van der Waals surface area contributed by atoms with Crippen molar-refractivity contribution in [2.45, 2.75) is 57.0 Å². The maximum absolute atomic E-state index is 9.27. The minimum atomic E-state index is 0.349. The zero-order valence-electron chi connectivity index (χ0n) is 11.2. The van der Waals surface area contributed by atoms with Gasteiger partial charge in [-0.15, -0.1) is 0 Å². The maximum Gasteiger partial charge on any atom is 0.144 e. The molecule has 4 heteroatoms. The third-order valence-corrected chi connectivity index (χ3v) is 4.28. The first-order valence-electron chi connectivity index (χ1n) is 7.21. The Morgan fingerprint density at radius 2 is 2.05 bits per heavy atom. The molecule has 1 fully saturated rings.